The number of primary amides is 1. The monoisotopic (exact) mass is 313 g/mol. The van der Waals surface area contributed by atoms with E-state index in [1.54, 1.807) is 36.4 Å². The summed E-state index contributed by atoms with van der Waals surface area (Å²) in [5, 5.41) is 0. The molecule has 0 saturated heterocycles. The highest BCUT2D eigenvalue weighted by Crippen LogP contribution is 2.22. The smallest absolute Gasteiger partial charge is 0.311 e. The number of esters is 1. The lowest BCUT2D eigenvalue weighted by Gasteiger charge is -2.16. The van der Waals surface area contributed by atoms with E-state index in [2.05, 4.69) is 0 Å². The Kier molecular flexibility index (Phi) is 5.36. The van der Waals surface area contributed by atoms with Gasteiger partial charge in [-0.2, -0.15) is 0 Å². The second-order valence-electron chi connectivity index (χ2n) is 5.18. The van der Waals surface area contributed by atoms with E-state index >= 15 is 0 Å². The molecule has 0 spiro atoms. The van der Waals surface area contributed by atoms with Crippen molar-refractivity contribution in [2.75, 3.05) is 7.11 Å². The van der Waals surface area contributed by atoms with Crippen LogP contribution in [0, 0.1) is 6.92 Å². The van der Waals surface area contributed by atoms with Gasteiger partial charge in [0.15, 0.2) is 0 Å². The lowest BCUT2D eigenvalue weighted by molar-refractivity contribution is -0.154. The summed E-state index contributed by atoms with van der Waals surface area (Å²) < 4.78 is 10.5. The number of carbonyl (C=O) groups excluding carboxylic acids is 2. The van der Waals surface area contributed by atoms with Crippen molar-refractivity contribution >= 4 is 11.9 Å². The molecule has 2 aromatic rings. The zero-order chi connectivity index (χ0) is 16.8. The van der Waals surface area contributed by atoms with Gasteiger partial charge in [0.25, 0.3) is 5.91 Å². The SMILES string of the molecule is COc1ccc(C)cc1CC(=O)O[C@H](C(N)=O)c1ccccc1. The van der Waals surface area contributed by atoms with Crippen LogP contribution >= 0.6 is 0 Å². The molecule has 2 N–H and O–H groups in total. The zero-order valence-electron chi connectivity index (χ0n) is 13.1. The van der Waals surface area contributed by atoms with Crippen LogP contribution in [0.1, 0.15) is 22.8 Å². The number of aryl methyl sites for hydroxylation is 1. The van der Waals surface area contributed by atoms with Gasteiger partial charge in [-0.05, 0) is 13.0 Å². The predicted octanol–water partition coefficient (Wildman–Crippen LogP) is 2.32. The first-order valence-electron chi connectivity index (χ1n) is 7.18. The van der Waals surface area contributed by atoms with Gasteiger partial charge in [-0.25, -0.2) is 0 Å². The topological polar surface area (TPSA) is 78.6 Å². The van der Waals surface area contributed by atoms with E-state index in [0.29, 0.717) is 16.9 Å². The largest absolute Gasteiger partial charge is 0.496 e. The maximum Gasteiger partial charge on any atom is 0.311 e. The molecule has 0 aliphatic heterocycles. The summed E-state index contributed by atoms with van der Waals surface area (Å²) in [7, 11) is 1.54. The van der Waals surface area contributed by atoms with Crippen molar-refractivity contribution in [2.24, 2.45) is 5.73 Å². The summed E-state index contributed by atoms with van der Waals surface area (Å²) in [5.41, 5.74) is 7.60. The fraction of sp³-hybridized carbons (Fsp3) is 0.222. The van der Waals surface area contributed by atoms with E-state index in [9.17, 15) is 9.59 Å². The third-order valence-corrected chi connectivity index (χ3v) is 3.38. The van der Waals surface area contributed by atoms with Crippen LogP contribution in [0.25, 0.3) is 0 Å². The van der Waals surface area contributed by atoms with Crippen LogP contribution in [0.4, 0.5) is 0 Å². The van der Waals surface area contributed by atoms with Gasteiger partial charge in [0.2, 0.25) is 6.10 Å². The summed E-state index contributed by atoms with van der Waals surface area (Å²) >= 11 is 0. The van der Waals surface area contributed by atoms with Crippen molar-refractivity contribution in [3.63, 3.8) is 0 Å². The molecule has 0 unspecified atom stereocenters. The van der Waals surface area contributed by atoms with Gasteiger partial charge in [0.1, 0.15) is 5.75 Å². The first-order chi connectivity index (χ1) is 11.0. The average molecular weight is 313 g/mol. The minimum atomic E-state index is -1.10. The Hall–Kier alpha value is -2.82. The highest BCUT2D eigenvalue weighted by molar-refractivity contribution is 5.84. The Morgan fingerprint density at radius 3 is 2.43 bits per heavy atom. The van der Waals surface area contributed by atoms with Crippen molar-refractivity contribution < 1.29 is 19.1 Å². The summed E-state index contributed by atoms with van der Waals surface area (Å²) in [5.74, 6) is -0.648. The molecule has 0 aromatic heterocycles. The van der Waals surface area contributed by atoms with E-state index in [4.69, 9.17) is 15.2 Å². The number of benzene rings is 2. The van der Waals surface area contributed by atoms with Gasteiger partial charge in [-0.15, -0.1) is 0 Å². The van der Waals surface area contributed by atoms with Crippen LogP contribution in [0.2, 0.25) is 0 Å². The second kappa shape index (κ2) is 7.45. The van der Waals surface area contributed by atoms with Crippen LogP contribution in [0.3, 0.4) is 0 Å². The number of methoxy groups -OCH3 is 1. The van der Waals surface area contributed by atoms with E-state index in [-0.39, 0.29) is 6.42 Å². The number of ether oxygens (including phenoxy) is 2. The Bertz CT molecular complexity index is 697. The summed E-state index contributed by atoms with van der Waals surface area (Å²) in [6, 6.07) is 14.2. The number of hydrogen-bond acceptors (Lipinski definition) is 4. The van der Waals surface area contributed by atoms with Gasteiger partial charge < -0.3 is 15.2 Å². The molecule has 0 aliphatic rings. The van der Waals surface area contributed by atoms with Crippen molar-refractivity contribution in [1.29, 1.82) is 0 Å². The maximum atomic E-state index is 12.2. The minimum Gasteiger partial charge on any atom is -0.496 e. The lowest BCUT2D eigenvalue weighted by Crippen LogP contribution is -2.26. The molecule has 5 heteroatoms. The summed E-state index contributed by atoms with van der Waals surface area (Å²) in [4.78, 5) is 23.8. The van der Waals surface area contributed by atoms with Crippen LogP contribution in [0.15, 0.2) is 48.5 Å². The van der Waals surface area contributed by atoms with Crippen molar-refractivity contribution in [2.45, 2.75) is 19.4 Å². The molecule has 2 aromatic carbocycles. The van der Waals surface area contributed by atoms with Crippen LogP contribution in [-0.2, 0) is 20.7 Å². The van der Waals surface area contributed by atoms with E-state index in [1.165, 1.54) is 7.11 Å². The molecule has 0 bridgehead atoms. The van der Waals surface area contributed by atoms with Gasteiger partial charge in [0.05, 0.1) is 13.5 Å². The first-order valence-corrected chi connectivity index (χ1v) is 7.18. The Labute approximate surface area is 135 Å². The van der Waals surface area contributed by atoms with E-state index < -0.39 is 18.0 Å². The highest BCUT2D eigenvalue weighted by Gasteiger charge is 2.23. The average Bonchev–Trinajstić information content (AvgIpc) is 2.53. The minimum absolute atomic E-state index is 0.00146. The maximum absolute atomic E-state index is 12.2. The summed E-state index contributed by atoms with van der Waals surface area (Å²) in [6.07, 6.45) is -1.10. The Morgan fingerprint density at radius 2 is 1.83 bits per heavy atom. The van der Waals surface area contributed by atoms with Gasteiger partial charge in [0, 0.05) is 11.1 Å². The van der Waals surface area contributed by atoms with Gasteiger partial charge in [-0.1, -0.05) is 48.0 Å². The fourth-order valence-corrected chi connectivity index (χ4v) is 2.29. The van der Waals surface area contributed by atoms with Crippen molar-refractivity contribution in [3.05, 3.63) is 65.2 Å². The molecule has 0 aliphatic carbocycles. The van der Waals surface area contributed by atoms with E-state index in [1.807, 2.05) is 19.1 Å². The van der Waals surface area contributed by atoms with Gasteiger partial charge >= 0.3 is 5.97 Å². The molecule has 0 saturated carbocycles. The predicted molar refractivity (Wildman–Crippen MR) is 85.9 cm³/mol. The van der Waals surface area contributed by atoms with Crippen LogP contribution in [-0.4, -0.2) is 19.0 Å². The highest BCUT2D eigenvalue weighted by atomic mass is 16.5. The molecule has 1 amide bonds. The normalized spacial score (nSPS) is 11.6. The zero-order valence-corrected chi connectivity index (χ0v) is 13.1. The Balaban J connectivity index is 2.14. The number of amides is 1. The molecular weight excluding hydrogens is 294 g/mol. The molecule has 1 atom stereocenters. The van der Waals surface area contributed by atoms with Crippen LogP contribution < -0.4 is 10.5 Å². The van der Waals surface area contributed by atoms with E-state index in [0.717, 1.165) is 5.56 Å². The van der Waals surface area contributed by atoms with Crippen LogP contribution in [0.5, 0.6) is 5.75 Å². The second-order valence-corrected chi connectivity index (χ2v) is 5.18. The molecule has 0 fully saturated rings. The third kappa shape index (κ3) is 4.32. The molecule has 0 radical (unpaired) electrons. The number of carbonyl (C=O) groups is 2. The standard InChI is InChI=1S/C18H19NO4/c1-12-8-9-15(22-2)14(10-12)11-16(20)23-17(18(19)21)13-6-4-3-5-7-13/h3-10,17H,11H2,1-2H3,(H2,19,21)/t17-/m0/s1. The third-order valence-electron chi connectivity index (χ3n) is 3.38. The molecule has 2 rings (SSSR count). The molecule has 5 nitrogen and oxygen atoms in total. The Morgan fingerprint density at radius 1 is 1.13 bits per heavy atom. The molecular formula is C18H19NO4. The molecule has 23 heavy (non-hydrogen) atoms. The number of rotatable bonds is 6. The van der Waals surface area contributed by atoms with Gasteiger partial charge in [-0.3, -0.25) is 9.59 Å². The quantitative estimate of drug-likeness (QED) is 0.830. The molecule has 120 valence electrons. The van der Waals surface area contributed by atoms with Crippen molar-refractivity contribution in [1.82, 2.24) is 0 Å². The fourth-order valence-electron chi connectivity index (χ4n) is 2.29. The number of nitrogens with two attached hydrogens (primary N) is 1. The molecule has 0 heterocycles. The van der Waals surface area contributed by atoms with Crippen molar-refractivity contribution in [3.8, 4) is 5.75 Å². The first kappa shape index (κ1) is 16.5. The summed E-state index contributed by atoms with van der Waals surface area (Å²) in [6.45, 7) is 1.92. The number of hydrogen-bond donors (Lipinski definition) is 1. The lowest BCUT2D eigenvalue weighted by atomic mass is 10.1.